The van der Waals surface area contributed by atoms with E-state index >= 15 is 0 Å². The van der Waals surface area contributed by atoms with E-state index in [1.165, 1.54) is 5.56 Å². The van der Waals surface area contributed by atoms with Crippen molar-refractivity contribution in [2.24, 2.45) is 7.05 Å². The number of ether oxygens (including phenoxy) is 1. The summed E-state index contributed by atoms with van der Waals surface area (Å²) in [6, 6.07) is 0.158. The molecule has 1 heterocycles. The Kier molecular flexibility index (Phi) is 6.00. The minimum Gasteiger partial charge on any atom is -0.444 e. The van der Waals surface area contributed by atoms with Gasteiger partial charge in [-0.05, 0) is 48.5 Å². The Morgan fingerprint density at radius 3 is 2.36 bits per heavy atom. The molecule has 22 heavy (non-hydrogen) atoms. The summed E-state index contributed by atoms with van der Waals surface area (Å²) in [5, 5.41) is 10.7. The largest absolute Gasteiger partial charge is 0.444 e. The highest BCUT2D eigenvalue weighted by Crippen LogP contribution is 2.20. The molecule has 0 bridgehead atoms. The molecule has 1 amide bonds. The summed E-state index contributed by atoms with van der Waals surface area (Å²) in [7, 11) is 1.95. The molecule has 2 atom stereocenters. The molecule has 0 fully saturated rings. The maximum Gasteiger partial charge on any atom is 0.407 e. The van der Waals surface area contributed by atoms with Crippen LogP contribution < -0.4 is 10.6 Å². The van der Waals surface area contributed by atoms with Crippen LogP contribution in [0.1, 0.15) is 57.6 Å². The molecule has 1 aromatic rings. The van der Waals surface area contributed by atoms with Crippen LogP contribution in [0, 0.1) is 13.8 Å². The van der Waals surface area contributed by atoms with E-state index in [-0.39, 0.29) is 18.2 Å². The third kappa shape index (κ3) is 5.33. The number of alkyl carbamates (subject to hydrolysis) is 1. The molecule has 1 aromatic heterocycles. The molecule has 0 aliphatic heterocycles. The lowest BCUT2D eigenvalue weighted by Crippen LogP contribution is -2.43. The minimum absolute atomic E-state index is 0.0189. The smallest absolute Gasteiger partial charge is 0.407 e. The highest BCUT2D eigenvalue weighted by Gasteiger charge is 2.19. The fourth-order valence-electron chi connectivity index (χ4n) is 2.43. The van der Waals surface area contributed by atoms with Gasteiger partial charge in [0.15, 0.2) is 0 Å². The van der Waals surface area contributed by atoms with Gasteiger partial charge in [0.25, 0.3) is 0 Å². The van der Waals surface area contributed by atoms with Crippen molar-refractivity contribution in [2.75, 3.05) is 6.54 Å². The lowest BCUT2D eigenvalue weighted by atomic mass is 10.1. The predicted octanol–water partition coefficient (Wildman–Crippen LogP) is 2.60. The molecular weight excluding hydrogens is 280 g/mol. The molecule has 0 aromatic carbocycles. The van der Waals surface area contributed by atoms with Gasteiger partial charge in [-0.3, -0.25) is 4.68 Å². The van der Waals surface area contributed by atoms with Crippen LogP contribution in [0.2, 0.25) is 0 Å². The topological polar surface area (TPSA) is 68.2 Å². The van der Waals surface area contributed by atoms with Crippen LogP contribution in [0.4, 0.5) is 4.79 Å². The summed E-state index contributed by atoms with van der Waals surface area (Å²) >= 11 is 0. The average Bonchev–Trinajstić information content (AvgIpc) is 2.58. The van der Waals surface area contributed by atoms with Crippen molar-refractivity contribution >= 4 is 6.09 Å². The average molecular weight is 310 g/mol. The molecular formula is C16H30N4O2. The maximum absolute atomic E-state index is 11.7. The lowest BCUT2D eigenvalue weighted by Gasteiger charge is -2.23. The first-order chi connectivity index (χ1) is 10.0. The molecule has 126 valence electrons. The van der Waals surface area contributed by atoms with Crippen molar-refractivity contribution in [1.29, 1.82) is 0 Å². The number of nitrogens with zero attached hydrogens (tertiary/aromatic N) is 2. The van der Waals surface area contributed by atoms with Gasteiger partial charge in [-0.1, -0.05) is 0 Å². The Hall–Kier alpha value is -1.56. The van der Waals surface area contributed by atoms with Crippen molar-refractivity contribution in [3.05, 3.63) is 17.0 Å². The first kappa shape index (κ1) is 18.5. The zero-order valence-electron chi connectivity index (χ0n) is 15.1. The molecule has 2 N–H and O–H groups in total. The van der Waals surface area contributed by atoms with Gasteiger partial charge in [-0.15, -0.1) is 0 Å². The van der Waals surface area contributed by atoms with Crippen LogP contribution in [-0.4, -0.2) is 34.1 Å². The SMILES string of the molecule is Cc1nn(C)c(C)c1C(C)NCC(C)NC(=O)OC(C)(C)C. The van der Waals surface area contributed by atoms with E-state index in [0.29, 0.717) is 6.54 Å². The van der Waals surface area contributed by atoms with E-state index in [4.69, 9.17) is 4.74 Å². The summed E-state index contributed by atoms with van der Waals surface area (Å²) in [5.41, 5.74) is 2.93. The quantitative estimate of drug-likeness (QED) is 0.877. The number of aryl methyl sites for hydroxylation is 2. The summed E-state index contributed by atoms with van der Waals surface area (Å²) in [4.78, 5) is 11.7. The van der Waals surface area contributed by atoms with Crippen molar-refractivity contribution in [3.63, 3.8) is 0 Å². The van der Waals surface area contributed by atoms with Crippen LogP contribution >= 0.6 is 0 Å². The second-order valence-electron chi connectivity index (χ2n) is 6.89. The number of rotatable bonds is 5. The molecule has 0 radical (unpaired) electrons. The Morgan fingerprint density at radius 2 is 1.91 bits per heavy atom. The van der Waals surface area contributed by atoms with Gasteiger partial charge in [0, 0.05) is 36.9 Å². The number of amides is 1. The van der Waals surface area contributed by atoms with E-state index < -0.39 is 5.60 Å². The molecule has 0 aliphatic carbocycles. The monoisotopic (exact) mass is 310 g/mol. The number of hydrogen-bond acceptors (Lipinski definition) is 4. The first-order valence-electron chi connectivity index (χ1n) is 7.74. The molecule has 6 heteroatoms. The number of nitrogens with one attached hydrogen (secondary N) is 2. The summed E-state index contributed by atoms with van der Waals surface area (Å²) in [5.74, 6) is 0. The van der Waals surface area contributed by atoms with E-state index in [0.717, 1.165) is 11.4 Å². The standard InChI is InChI=1S/C16H30N4O2/c1-10(18-15(21)22-16(5,6)7)9-17-11(2)14-12(3)19-20(8)13(14)4/h10-11,17H,9H2,1-8H3,(H,18,21). The predicted molar refractivity (Wildman–Crippen MR) is 87.9 cm³/mol. The summed E-state index contributed by atoms with van der Waals surface area (Å²) < 4.78 is 7.14. The fraction of sp³-hybridized carbons (Fsp3) is 0.750. The van der Waals surface area contributed by atoms with E-state index in [2.05, 4.69) is 29.6 Å². The normalized spacial score (nSPS) is 14.5. The highest BCUT2D eigenvalue weighted by atomic mass is 16.6. The van der Waals surface area contributed by atoms with E-state index in [1.807, 2.05) is 46.3 Å². The van der Waals surface area contributed by atoms with E-state index in [9.17, 15) is 4.79 Å². The summed E-state index contributed by atoms with van der Waals surface area (Å²) in [6.07, 6.45) is -0.386. The zero-order valence-corrected chi connectivity index (χ0v) is 15.1. The fourth-order valence-corrected chi connectivity index (χ4v) is 2.43. The highest BCUT2D eigenvalue weighted by molar-refractivity contribution is 5.68. The lowest BCUT2D eigenvalue weighted by molar-refractivity contribution is 0.0507. The van der Waals surface area contributed by atoms with Crippen LogP contribution in [-0.2, 0) is 11.8 Å². The number of carbonyl (C=O) groups is 1. The van der Waals surface area contributed by atoms with Crippen LogP contribution in [0.25, 0.3) is 0 Å². The third-order valence-corrected chi connectivity index (χ3v) is 3.49. The molecule has 0 spiro atoms. The van der Waals surface area contributed by atoms with Gasteiger partial charge in [0.1, 0.15) is 5.60 Å². The molecule has 1 rings (SSSR count). The minimum atomic E-state index is -0.478. The summed E-state index contributed by atoms with van der Waals surface area (Å²) in [6.45, 7) is 14.4. The van der Waals surface area contributed by atoms with Crippen molar-refractivity contribution in [2.45, 2.75) is 66.2 Å². The van der Waals surface area contributed by atoms with Crippen LogP contribution in [0.5, 0.6) is 0 Å². The Morgan fingerprint density at radius 1 is 1.32 bits per heavy atom. The van der Waals surface area contributed by atoms with Gasteiger partial charge in [0.05, 0.1) is 5.69 Å². The zero-order chi connectivity index (χ0) is 17.1. The first-order valence-corrected chi connectivity index (χ1v) is 7.74. The number of carbonyl (C=O) groups excluding carboxylic acids is 1. The van der Waals surface area contributed by atoms with Gasteiger partial charge in [-0.25, -0.2) is 4.79 Å². The van der Waals surface area contributed by atoms with Gasteiger partial charge >= 0.3 is 6.09 Å². The van der Waals surface area contributed by atoms with Gasteiger partial charge in [-0.2, -0.15) is 5.10 Å². The Balaban J connectivity index is 2.50. The van der Waals surface area contributed by atoms with Crippen molar-refractivity contribution in [1.82, 2.24) is 20.4 Å². The molecule has 0 saturated heterocycles. The third-order valence-electron chi connectivity index (χ3n) is 3.49. The Labute approximate surface area is 133 Å². The van der Waals surface area contributed by atoms with Crippen LogP contribution in [0.15, 0.2) is 0 Å². The number of aromatic nitrogens is 2. The van der Waals surface area contributed by atoms with Gasteiger partial charge < -0.3 is 15.4 Å². The maximum atomic E-state index is 11.7. The Bertz CT molecular complexity index is 517. The van der Waals surface area contributed by atoms with Crippen molar-refractivity contribution < 1.29 is 9.53 Å². The van der Waals surface area contributed by atoms with Crippen LogP contribution in [0.3, 0.4) is 0 Å². The van der Waals surface area contributed by atoms with E-state index in [1.54, 1.807) is 0 Å². The molecule has 0 aliphatic rings. The molecule has 0 saturated carbocycles. The van der Waals surface area contributed by atoms with Crippen molar-refractivity contribution in [3.8, 4) is 0 Å². The second kappa shape index (κ2) is 7.13. The second-order valence-corrected chi connectivity index (χ2v) is 6.89. The van der Waals surface area contributed by atoms with Gasteiger partial charge in [0.2, 0.25) is 0 Å². The molecule has 6 nitrogen and oxygen atoms in total. The molecule has 2 unspecified atom stereocenters. The number of hydrogen-bond donors (Lipinski definition) is 2.